The Bertz CT molecular complexity index is 1190. The summed E-state index contributed by atoms with van der Waals surface area (Å²) in [6, 6.07) is 19.6. The number of carbonyl (C=O) groups excluding carboxylic acids is 2. The number of likely N-dealkylation sites (N-methyl/N-ethyl adjacent to an activating group) is 1. The van der Waals surface area contributed by atoms with E-state index in [1.165, 1.54) is 4.90 Å². The molecule has 0 radical (unpaired) electrons. The molecule has 2 heterocycles. The summed E-state index contributed by atoms with van der Waals surface area (Å²) in [5.74, 6) is -0.455. The van der Waals surface area contributed by atoms with Gasteiger partial charge in [0.2, 0.25) is 0 Å². The fourth-order valence-electron chi connectivity index (χ4n) is 4.34. The zero-order valence-electron chi connectivity index (χ0n) is 19.4. The van der Waals surface area contributed by atoms with Crippen molar-refractivity contribution in [3.8, 4) is 0 Å². The Morgan fingerprint density at radius 1 is 0.879 bits per heavy atom. The van der Waals surface area contributed by atoms with Crippen molar-refractivity contribution in [3.05, 3.63) is 107 Å². The van der Waals surface area contributed by atoms with Crippen LogP contribution in [0.2, 0.25) is 0 Å². The maximum atomic E-state index is 13.7. The fourth-order valence-corrected chi connectivity index (χ4v) is 4.34. The summed E-state index contributed by atoms with van der Waals surface area (Å²) in [5, 5.41) is 0. The highest BCUT2D eigenvalue weighted by molar-refractivity contribution is 6.35. The van der Waals surface area contributed by atoms with Crippen LogP contribution in [0.5, 0.6) is 0 Å². The van der Waals surface area contributed by atoms with Gasteiger partial charge >= 0.3 is 0 Å². The predicted octanol–water partition coefficient (Wildman–Crippen LogP) is 4.54. The molecule has 0 bridgehead atoms. The molecule has 5 heteroatoms. The number of hydrogen-bond acceptors (Lipinski definition) is 4. The van der Waals surface area contributed by atoms with Crippen LogP contribution in [0, 0.1) is 13.8 Å². The number of pyridine rings is 1. The van der Waals surface area contributed by atoms with Gasteiger partial charge in [0.15, 0.2) is 0 Å². The van der Waals surface area contributed by atoms with E-state index < -0.39 is 0 Å². The Morgan fingerprint density at radius 3 is 2.27 bits per heavy atom. The summed E-state index contributed by atoms with van der Waals surface area (Å²) < 4.78 is 0. The molecule has 1 aliphatic rings. The molecule has 0 aliphatic carbocycles. The van der Waals surface area contributed by atoms with E-state index in [1.54, 1.807) is 12.4 Å². The fraction of sp³-hybridized carbons (Fsp3) is 0.250. The quantitative estimate of drug-likeness (QED) is 0.484. The van der Waals surface area contributed by atoms with Crippen molar-refractivity contribution in [2.24, 2.45) is 0 Å². The van der Waals surface area contributed by atoms with Crippen LogP contribution in [0.1, 0.15) is 34.7 Å². The molecule has 5 nitrogen and oxygen atoms in total. The van der Waals surface area contributed by atoms with E-state index in [1.807, 2.05) is 80.3 Å². The van der Waals surface area contributed by atoms with E-state index in [0.717, 1.165) is 34.2 Å². The van der Waals surface area contributed by atoms with Gasteiger partial charge in [0, 0.05) is 25.5 Å². The second-order valence-corrected chi connectivity index (χ2v) is 8.41. The first-order valence-electron chi connectivity index (χ1n) is 11.4. The molecular formula is C28H29N3O2. The molecule has 0 atom stereocenters. The minimum Gasteiger partial charge on any atom is -0.366 e. The first-order valence-corrected chi connectivity index (χ1v) is 11.4. The highest BCUT2D eigenvalue weighted by atomic mass is 16.2. The minimum atomic E-state index is -0.229. The van der Waals surface area contributed by atoms with Crippen molar-refractivity contribution in [1.29, 1.82) is 0 Å². The van der Waals surface area contributed by atoms with Crippen LogP contribution in [-0.2, 0) is 22.6 Å². The molecular weight excluding hydrogens is 410 g/mol. The summed E-state index contributed by atoms with van der Waals surface area (Å²) >= 11 is 0. The Hall–Kier alpha value is -3.73. The van der Waals surface area contributed by atoms with Crippen LogP contribution in [0.25, 0.3) is 5.57 Å². The Kier molecular flexibility index (Phi) is 6.68. The summed E-state index contributed by atoms with van der Waals surface area (Å²) in [6.45, 7) is 7.59. The van der Waals surface area contributed by atoms with E-state index in [9.17, 15) is 9.59 Å². The molecule has 2 amide bonds. The molecule has 4 rings (SSSR count). The van der Waals surface area contributed by atoms with Crippen LogP contribution in [0.15, 0.2) is 78.8 Å². The number of imide groups is 1. The average Bonchev–Trinajstić information content (AvgIpc) is 3.06. The Labute approximate surface area is 195 Å². The summed E-state index contributed by atoms with van der Waals surface area (Å²) in [4.78, 5) is 34.9. The van der Waals surface area contributed by atoms with E-state index >= 15 is 0 Å². The van der Waals surface area contributed by atoms with Crippen LogP contribution >= 0.6 is 0 Å². The van der Waals surface area contributed by atoms with Gasteiger partial charge in [-0.3, -0.25) is 19.5 Å². The number of rotatable bonds is 8. The molecule has 0 saturated heterocycles. The van der Waals surface area contributed by atoms with Crippen LogP contribution < -0.4 is 0 Å². The zero-order chi connectivity index (χ0) is 23.4. The van der Waals surface area contributed by atoms with Gasteiger partial charge in [-0.15, -0.1) is 0 Å². The lowest BCUT2D eigenvalue weighted by atomic mass is 9.97. The standard InChI is InChI=1S/C28H29N3O2/c1-4-30(17-14-22-12-15-29-16-13-22)26-25(24-11-10-20(2)18-21(24)3)27(32)31(28(26)33)19-23-8-6-5-7-9-23/h5-13,15-16,18H,4,14,17,19H2,1-3H3. The Morgan fingerprint density at radius 2 is 1.61 bits per heavy atom. The molecule has 3 aromatic rings. The molecule has 0 saturated carbocycles. The third-order valence-electron chi connectivity index (χ3n) is 6.10. The third-order valence-corrected chi connectivity index (χ3v) is 6.10. The zero-order valence-corrected chi connectivity index (χ0v) is 19.4. The summed E-state index contributed by atoms with van der Waals surface area (Å²) in [5.41, 5.74) is 6.03. The second kappa shape index (κ2) is 9.82. The van der Waals surface area contributed by atoms with Crippen molar-refractivity contribution >= 4 is 17.4 Å². The highest BCUT2D eigenvalue weighted by Crippen LogP contribution is 2.34. The number of amides is 2. The average molecular weight is 440 g/mol. The first kappa shape index (κ1) is 22.5. The smallest absolute Gasteiger partial charge is 0.278 e. The number of hydrogen-bond donors (Lipinski definition) is 0. The van der Waals surface area contributed by atoms with Crippen molar-refractivity contribution in [3.63, 3.8) is 0 Å². The molecule has 168 valence electrons. The molecule has 2 aromatic carbocycles. The van der Waals surface area contributed by atoms with Gasteiger partial charge in [-0.25, -0.2) is 0 Å². The van der Waals surface area contributed by atoms with E-state index in [-0.39, 0.29) is 18.4 Å². The van der Waals surface area contributed by atoms with Gasteiger partial charge in [-0.05, 0) is 61.6 Å². The lowest BCUT2D eigenvalue weighted by Gasteiger charge is -2.25. The molecule has 0 fully saturated rings. The van der Waals surface area contributed by atoms with Gasteiger partial charge in [0.05, 0.1) is 12.1 Å². The maximum absolute atomic E-state index is 13.7. The van der Waals surface area contributed by atoms with Gasteiger partial charge in [0.25, 0.3) is 11.8 Å². The maximum Gasteiger partial charge on any atom is 0.278 e. The van der Waals surface area contributed by atoms with Crippen molar-refractivity contribution < 1.29 is 9.59 Å². The normalized spacial score (nSPS) is 13.7. The molecule has 33 heavy (non-hydrogen) atoms. The highest BCUT2D eigenvalue weighted by Gasteiger charge is 2.41. The largest absolute Gasteiger partial charge is 0.366 e. The van der Waals surface area contributed by atoms with Crippen molar-refractivity contribution in [2.75, 3.05) is 13.1 Å². The minimum absolute atomic E-state index is 0.226. The number of benzene rings is 2. The predicted molar refractivity (Wildman–Crippen MR) is 130 cm³/mol. The number of aryl methyl sites for hydroxylation is 2. The van der Waals surface area contributed by atoms with Crippen molar-refractivity contribution in [1.82, 2.24) is 14.8 Å². The molecule has 0 spiro atoms. The summed E-state index contributed by atoms with van der Waals surface area (Å²) in [7, 11) is 0. The molecule has 1 aliphatic heterocycles. The molecule has 0 unspecified atom stereocenters. The van der Waals surface area contributed by atoms with E-state index in [2.05, 4.69) is 11.1 Å². The second-order valence-electron chi connectivity index (χ2n) is 8.41. The lowest BCUT2D eigenvalue weighted by molar-refractivity contribution is -0.138. The lowest BCUT2D eigenvalue weighted by Crippen LogP contribution is -2.35. The monoisotopic (exact) mass is 439 g/mol. The SMILES string of the molecule is CCN(CCc1ccncc1)C1=C(c2ccc(C)cc2C)C(=O)N(Cc2ccccc2)C1=O. The van der Waals surface area contributed by atoms with Crippen LogP contribution in [0.3, 0.4) is 0 Å². The molecule has 0 N–H and O–H groups in total. The number of carbonyl (C=O) groups is 2. The van der Waals surface area contributed by atoms with Crippen molar-refractivity contribution in [2.45, 2.75) is 33.7 Å². The number of nitrogens with zero attached hydrogens (tertiary/aromatic N) is 3. The first-order chi connectivity index (χ1) is 16.0. The van der Waals surface area contributed by atoms with Gasteiger partial charge < -0.3 is 4.90 Å². The van der Waals surface area contributed by atoms with E-state index in [4.69, 9.17) is 0 Å². The van der Waals surface area contributed by atoms with Gasteiger partial charge in [-0.2, -0.15) is 0 Å². The van der Waals surface area contributed by atoms with E-state index in [0.29, 0.717) is 24.4 Å². The number of aromatic nitrogens is 1. The summed E-state index contributed by atoms with van der Waals surface area (Å²) in [6.07, 6.45) is 4.32. The van der Waals surface area contributed by atoms with Gasteiger partial charge in [0.1, 0.15) is 5.70 Å². The topological polar surface area (TPSA) is 53.5 Å². The molecule has 1 aromatic heterocycles. The Balaban J connectivity index is 1.73. The van der Waals surface area contributed by atoms with Gasteiger partial charge in [-0.1, -0.05) is 54.1 Å². The van der Waals surface area contributed by atoms with Crippen LogP contribution in [-0.4, -0.2) is 39.7 Å². The van der Waals surface area contributed by atoms with Crippen LogP contribution in [0.4, 0.5) is 0 Å². The third kappa shape index (κ3) is 4.72.